The van der Waals surface area contributed by atoms with Gasteiger partial charge < -0.3 is 5.11 Å². The van der Waals surface area contributed by atoms with Crippen molar-refractivity contribution in [1.82, 2.24) is 4.98 Å². The molecule has 70 valence electrons. The lowest BCUT2D eigenvalue weighted by molar-refractivity contribution is 0.119. The first-order valence-electron chi connectivity index (χ1n) is 4.49. The molecule has 0 aliphatic heterocycles. The number of hydrogen-bond acceptors (Lipinski definition) is 2. The van der Waals surface area contributed by atoms with E-state index >= 15 is 0 Å². The zero-order chi connectivity index (χ0) is 9.31. The van der Waals surface area contributed by atoms with Gasteiger partial charge in [-0.25, -0.2) is 0 Å². The number of halogens is 1. The third-order valence-corrected chi connectivity index (χ3v) is 3.59. The number of aliphatic hydroxyl groups excluding tert-OH is 1. The lowest BCUT2D eigenvalue weighted by Crippen LogP contribution is -2.38. The van der Waals surface area contributed by atoms with Crippen molar-refractivity contribution in [3.63, 3.8) is 0 Å². The maximum atomic E-state index is 9.37. The molecule has 13 heavy (non-hydrogen) atoms. The van der Waals surface area contributed by atoms with Gasteiger partial charge in [-0.05, 0) is 40.4 Å². The average molecular weight is 242 g/mol. The Bertz CT molecular complexity index is 304. The quantitative estimate of drug-likeness (QED) is 0.862. The van der Waals surface area contributed by atoms with E-state index in [0.29, 0.717) is 0 Å². The maximum Gasteiger partial charge on any atom is 0.0528 e. The van der Waals surface area contributed by atoms with Crippen molar-refractivity contribution >= 4 is 15.9 Å². The van der Waals surface area contributed by atoms with E-state index in [2.05, 4.69) is 20.9 Å². The van der Waals surface area contributed by atoms with Crippen LogP contribution in [0.3, 0.4) is 0 Å². The second kappa shape index (κ2) is 3.39. The van der Waals surface area contributed by atoms with Crippen LogP contribution in [0.1, 0.15) is 24.8 Å². The van der Waals surface area contributed by atoms with Gasteiger partial charge in [0.15, 0.2) is 0 Å². The fraction of sp³-hybridized carbons (Fsp3) is 0.500. The molecular formula is C10H12BrNO. The van der Waals surface area contributed by atoms with Crippen LogP contribution in [-0.4, -0.2) is 16.7 Å². The summed E-state index contributed by atoms with van der Waals surface area (Å²) in [6.45, 7) is 0.246. The van der Waals surface area contributed by atoms with Crippen LogP contribution in [0.2, 0.25) is 0 Å². The Labute approximate surface area is 86.1 Å². The second-order valence-corrected chi connectivity index (χ2v) is 4.50. The Hall–Kier alpha value is -0.410. The molecule has 1 aliphatic carbocycles. The second-order valence-electron chi connectivity index (χ2n) is 3.65. The van der Waals surface area contributed by atoms with E-state index in [9.17, 15) is 5.11 Å². The normalized spacial score (nSPS) is 19.5. The monoisotopic (exact) mass is 241 g/mol. The minimum absolute atomic E-state index is 0.0156. The summed E-state index contributed by atoms with van der Waals surface area (Å²) >= 11 is 3.47. The van der Waals surface area contributed by atoms with Crippen molar-refractivity contribution in [3.05, 3.63) is 28.5 Å². The molecule has 0 spiro atoms. The summed E-state index contributed by atoms with van der Waals surface area (Å²) in [4.78, 5) is 4.02. The van der Waals surface area contributed by atoms with Crippen LogP contribution in [0.5, 0.6) is 0 Å². The summed E-state index contributed by atoms with van der Waals surface area (Å²) < 4.78 is 1.02. The Morgan fingerprint density at radius 3 is 2.77 bits per heavy atom. The minimum atomic E-state index is 0.0156. The van der Waals surface area contributed by atoms with Crippen molar-refractivity contribution in [2.45, 2.75) is 24.7 Å². The molecule has 1 N–H and O–H groups in total. The Balaban J connectivity index is 2.38. The van der Waals surface area contributed by atoms with E-state index in [1.54, 1.807) is 12.4 Å². The van der Waals surface area contributed by atoms with E-state index in [-0.39, 0.29) is 12.0 Å². The Morgan fingerprint density at radius 2 is 2.31 bits per heavy atom. The van der Waals surface area contributed by atoms with Gasteiger partial charge in [-0.2, -0.15) is 0 Å². The molecule has 3 heteroatoms. The number of pyridine rings is 1. The topological polar surface area (TPSA) is 33.1 Å². The standard InChI is InChI=1S/C10H12BrNO/c11-9-6-12-5-2-8(9)10(7-13)3-1-4-10/h2,5-6,13H,1,3-4,7H2. The van der Waals surface area contributed by atoms with Crippen LogP contribution in [0.4, 0.5) is 0 Å². The summed E-state index contributed by atoms with van der Waals surface area (Å²) in [5, 5.41) is 9.37. The molecule has 1 aromatic rings. The smallest absolute Gasteiger partial charge is 0.0528 e. The molecule has 0 unspecified atom stereocenters. The molecule has 0 amide bonds. The van der Waals surface area contributed by atoms with Gasteiger partial charge in [0.25, 0.3) is 0 Å². The van der Waals surface area contributed by atoms with Gasteiger partial charge in [-0.3, -0.25) is 4.98 Å². The van der Waals surface area contributed by atoms with Gasteiger partial charge in [0.05, 0.1) is 6.61 Å². The molecule has 0 aromatic carbocycles. The van der Waals surface area contributed by atoms with Gasteiger partial charge in [0.2, 0.25) is 0 Å². The number of aromatic nitrogens is 1. The summed E-state index contributed by atoms with van der Waals surface area (Å²) in [7, 11) is 0. The molecule has 1 fully saturated rings. The first-order chi connectivity index (χ1) is 6.28. The van der Waals surface area contributed by atoms with Crippen molar-refractivity contribution in [2.75, 3.05) is 6.61 Å². The predicted molar refractivity (Wildman–Crippen MR) is 54.6 cm³/mol. The van der Waals surface area contributed by atoms with Crippen LogP contribution < -0.4 is 0 Å². The molecule has 1 saturated carbocycles. The van der Waals surface area contributed by atoms with Gasteiger partial charge in [0.1, 0.15) is 0 Å². The highest BCUT2D eigenvalue weighted by Gasteiger charge is 2.39. The lowest BCUT2D eigenvalue weighted by Gasteiger charge is -2.41. The SMILES string of the molecule is OCC1(c2ccncc2Br)CCC1. The summed E-state index contributed by atoms with van der Waals surface area (Å²) in [6.07, 6.45) is 6.98. The third kappa shape index (κ3) is 1.40. The molecule has 0 saturated heterocycles. The van der Waals surface area contributed by atoms with Crippen molar-refractivity contribution in [2.24, 2.45) is 0 Å². The number of hydrogen-bond donors (Lipinski definition) is 1. The van der Waals surface area contributed by atoms with E-state index in [4.69, 9.17) is 0 Å². The molecular weight excluding hydrogens is 230 g/mol. The highest BCUT2D eigenvalue weighted by Crippen LogP contribution is 2.45. The number of nitrogens with zero attached hydrogens (tertiary/aromatic N) is 1. The molecule has 0 radical (unpaired) electrons. The van der Waals surface area contributed by atoms with Crippen LogP contribution in [0.25, 0.3) is 0 Å². The van der Waals surface area contributed by atoms with Gasteiger partial charge in [-0.15, -0.1) is 0 Å². The molecule has 2 nitrogen and oxygen atoms in total. The summed E-state index contributed by atoms with van der Waals surface area (Å²) in [5.74, 6) is 0. The zero-order valence-electron chi connectivity index (χ0n) is 7.33. The van der Waals surface area contributed by atoms with Gasteiger partial charge >= 0.3 is 0 Å². The molecule has 2 rings (SSSR count). The van der Waals surface area contributed by atoms with Crippen molar-refractivity contribution < 1.29 is 5.11 Å². The van der Waals surface area contributed by atoms with Crippen molar-refractivity contribution in [3.8, 4) is 0 Å². The van der Waals surface area contributed by atoms with Crippen LogP contribution in [0.15, 0.2) is 22.9 Å². The first-order valence-corrected chi connectivity index (χ1v) is 5.29. The lowest BCUT2D eigenvalue weighted by atomic mass is 9.65. The Morgan fingerprint density at radius 1 is 1.54 bits per heavy atom. The van der Waals surface area contributed by atoms with E-state index in [1.807, 2.05) is 6.07 Å². The fourth-order valence-corrected chi connectivity index (χ4v) is 2.59. The van der Waals surface area contributed by atoms with Crippen LogP contribution in [-0.2, 0) is 5.41 Å². The van der Waals surface area contributed by atoms with E-state index in [1.165, 1.54) is 12.0 Å². The van der Waals surface area contributed by atoms with E-state index < -0.39 is 0 Å². The number of aliphatic hydroxyl groups is 1. The zero-order valence-corrected chi connectivity index (χ0v) is 8.92. The molecule has 0 atom stereocenters. The van der Waals surface area contributed by atoms with Crippen molar-refractivity contribution in [1.29, 1.82) is 0 Å². The van der Waals surface area contributed by atoms with E-state index in [0.717, 1.165) is 17.3 Å². The fourth-order valence-electron chi connectivity index (χ4n) is 1.92. The maximum absolute atomic E-state index is 9.37. The number of rotatable bonds is 2. The Kier molecular flexibility index (Phi) is 2.39. The molecule has 1 aromatic heterocycles. The van der Waals surface area contributed by atoms with Crippen LogP contribution >= 0.6 is 15.9 Å². The van der Waals surface area contributed by atoms with Gasteiger partial charge in [0, 0.05) is 22.3 Å². The molecule has 1 aliphatic rings. The predicted octanol–water partition coefficient (Wildman–Crippen LogP) is 2.26. The molecule has 1 heterocycles. The minimum Gasteiger partial charge on any atom is -0.395 e. The van der Waals surface area contributed by atoms with Crippen LogP contribution in [0, 0.1) is 0 Å². The first kappa shape index (κ1) is 9.16. The average Bonchev–Trinajstić information content (AvgIpc) is 2.07. The molecule has 0 bridgehead atoms. The third-order valence-electron chi connectivity index (χ3n) is 2.96. The summed E-state index contributed by atoms with van der Waals surface area (Å²) in [5.41, 5.74) is 1.22. The highest BCUT2D eigenvalue weighted by molar-refractivity contribution is 9.10. The van der Waals surface area contributed by atoms with Gasteiger partial charge in [-0.1, -0.05) is 6.42 Å². The summed E-state index contributed by atoms with van der Waals surface area (Å²) in [6, 6.07) is 2.00. The highest BCUT2D eigenvalue weighted by atomic mass is 79.9. The largest absolute Gasteiger partial charge is 0.395 e.